The monoisotopic (exact) mass is 565 g/mol. The number of cyclic esters (lactones) is 1. The summed E-state index contributed by atoms with van der Waals surface area (Å²) < 4.78 is 14.4. The highest BCUT2D eigenvalue weighted by molar-refractivity contribution is 14.1. The molecule has 1 heterocycles. The van der Waals surface area contributed by atoms with Crippen LogP contribution < -0.4 is 0 Å². The summed E-state index contributed by atoms with van der Waals surface area (Å²) in [6, 6.07) is 1.77. The van der Waals surface area contributed by atoms with Crippen molar-refractivity contribution in [2.75, 3.05) is 17.6 Å². The summed E-state index contributed by atoms with van der Waals surface area (Å²) in [6.45, 7) is 2.26. The lowest BCUT2D eigenvalue weighted by Crippen LogP contribution is -2.39. The van der Waals surface area contributed by atoms with Crippen LogP contribution in [0.5, 0.6) is 0 Å². The van der Waals surface area contributed by atoms with E-state index in [-0.39, 0.29) is 6.42 Å². The summed E-state index contributed by atoms with van der Waals surface area (Å²) in [5.41, 5.74) is -1.65. The van der Waals surface area contributed by atoms with Gasteiger partial charge in [-0.2, -0.15) is 5.26 Å². The standard InChI is InChI=1S/C14H17I2NO7/c1-3-14(7-17)10(19)8(24-12(14)21)4-22-9(18)5-23-11(20)13(2,16)6-15/h8,10,19H,3-6H2,1-2H3. The van der Waals surface area contributed by atoms with Gasteiger partial charge in [-0.05, 0) is 13.3 Å². The van der Waals surface area contributed by atoms with Gasteiger partial charge in [0, 0.05) is 4.43 Å². The smallest absolute Gasteiger partial charge is 0.344 e. The van der Waals surface area contributed by atoms with Crippen LogP contribution in [0.2, 0.25) is 0 Å². The Balaban J connectivity index is 2.51. The molecule has 24 heavy (non-hydrogen) atoms. The highest BCUT2D eigenvalue weighted by Gasteiger charge is 2.57. The molecule has 1 saturated heterocycles. The average molecular weight is 565 g/mol. The number of ether oxygens (including phenoxy) is 3. The number of hydrogen-bond donors (Lipinski definition) is 1. The van der Waals surface area contributed by atoms with Crippen LogP contribution >= 0.6 is 45.2 Å². The number of halogens is 2. The number of hydrogen-bond acceptors (Lipinski definition) is 8. The molecule has 1 fully saturated rings. The molecule has 0 radical (unpaired) electrons. The molecule has 134 valence electrons. The topological polar surface area (TPSA) is 123 Å². The summed E-state index contributed by atoms with van der Waals surface area (Å²) in [4.78, 5) is 35.1. The molecule has 4 atom stereocenters. The lowest BCUT2D eigenvalue weighted by atomic mass is 9.81. The van der Waals surface area contributed by atoms with Crippen LogP contribution in [-0.4, -0.2) is 56.3 Å². The Morgan fingerprint density at radius 3 is 2.58 bits per heavy atom. The van der Waals surface area contributed by atoms with Crippen LogP contribution in [0, 0.1) is 16.7 Å². The molecule has 4 unspecified atom stereocenters. The summed E-state index contributed by atoms with van der Waals surface area (Å²) in [6.07, 6.45) is -2.44. The van der Waals surface area contributed by atoms with E-state index in [2.05, 4.69) is 0 Å². The van der Waals surface area contributed by atoms with Crippen molar-refractivity contribution in [1.82, 2.24) is 0 Å². The van der Waals surface area contributed by atoms with Crippen LogP contribution in [0.3, 0.4) is 0 Å². The van der Waals surface area contributed by atoms with Crippen LogP contribution in [0.1, 0.15) is 20.3 Å². The molecule has 0 aromatic rings. The predicted octanol–water partition coefficient (Wildman–Crippen LogP) is 0.908. The van der Waals surface area contributed by atoms with E-state index in [0.717, 1.165) is 0 Å². The Hall–Kier alpha value is -0.680. The minimum absolute atomic E-state index is 0.0795. The molecule has 1 rings (SSSR count). The molecule has 0 spiro atoms. The van der Waals surface area contributed by atoms with Crippen molar-refractivity contribution in [3.8, 4) is 6.07 Å². The van der Waals surface area contributed by atoms with Gasteiger partial charge < -0.3 is 19.3 Å². The summed E-state index contributed by atoms with van der Waals surface area (Å²) >= 11 is 3.96. The molecule has 0 saturated carbocycles. The molecule has 0 bridgehead atoms. The van der Waals surface area contributed by atoms with Gasteiger partial charge in [0.05, 0.1) is 6.07 Å². The number of carbonyl (C=O) groups excluding carboxylic acids is 3. The zero-order chi connectivity index (χ0) is 18.5. The van der Waals surface area contributed by atoms with E-state index in [1.807, 2.05) is 45.2 Å². The van der Waals surface area contributed by atoms with Crippen molar-refractivity contribution in [1.29, 1.82) is 5.26 Å². The molecule has 0 aliphatic carbocycles. The fourth-order valence-corrected chi connectivity index (χ4v) is 2.43. The van der Waals surface area contributed by atoms with Crippen LogP contribution in [0.15, 0.2) is 0 Å². The zero-order valence-corrected chi connectivity index (χ0v) is 17.4. The van der Waals surface area contributed by atoms with E-state index >= 15 is 0 Å². The van der Waals surface area contributed by atoms with Gasteiger partial charge in [-0.3, -0.25) is 9.59 Å². The van der Waals surface area contributed by atoms with E-state index < -0.39 is 52.2 Å². The first-order chi connectivity index (χ1) is 11.1. The quantitative estimate of drug-likeness (QED) is 0.209. The van der Waals surface area contributed by atoms with Crippen molar-refractivity contribution >= 4 is 63.1 Å². The Bertz CT molecular complexity index is 560. The number of nitriles is 1. The van der Waals surface area contributed by atoms with E-state index in [1.54, 1.807) is 19.9 Å². The lowest BCUT2D eigenvalue weighted by molar-refractivity contribution is -0.163. The number of rotatable bonds is 7. The number of esters is 3. The van der Waals surface area contributed by atoms with Gasteiger partial charge in [-0.15, -0.1) is 0 Å². The first-order valence-corrected chi connectivity index (χ1v) is 9.63. The van der Waals surface area contributed by atoms with Crippen molar-refractivity contribution in [3.05, 3.63) is 0 Å². The van der Waals surface area contributed by atoms with Crippen molar-refractivity contribution in [3.63, 3.8) is 0 Å². The van der Waals surface area contributed by atoms with E-state index in [4.69, 9.17) is 19.5 Å². The number of aliphatic hydroxyl groups excluding tert-OH is 1. The molecule has 1 N–H and O–H groups in total. The Kier molecular flexibility index (Phi) is 7.67. The van der Waals surface area contributed by atoms with Gasteiger partial charge in [0.15, 0.2) is 18.1 Å². The average Bonchev–Trinajstić information content (AvgIpc) is 2.81. The largest absolute Gasteiger partial charge is 0.459 e. The molecule has 8 nitrogen and oxygen atoms in total. The third-order valence-electron chi connectivity index (χ3n) is 3.64. The van der Waals surface area contributed by atoms with Gasteiger partial charge in [0.25, 0.3) is 0 Å². The first kappa shape index (κ1) is 21.4. The molecule has 1 aliphatic rings. The third kappa shape index (κ3) is 4.48. The summed E-state index contributed by atoms with van der Waals surface area (Å²) in [5.74, 6) is -2.22. The molecule has 0 aromatic heterocycles. The Morgan fingerprint density at radius 2 is 2.12 bits per heavy atom. The van der Waals surface area contributed by atoms with Crippen LogP contribution in [0.25, 0.3) is 0 Å². The minimum atomic E-state index is -1.65. The minimum Gasteiger partial charge on any atom is -0.459 e. The first-order valence-electron chi connectivity index (χ1n) is 7.02. The van der Waals surface area contributed by atoms with Crippen LogP contribution in [-0.2, 0) is 28.6 Å². The van der Waals surface area contributed by atoms with Crippen LogP contribution in [0.4, 0.5) is 0 Å². The Morgan fingerprint density at radius 1 is 1.50 bits per heavy atom. The molecular formula is C14H17I2NO7. The summed E-state index contributed by atoms with van der Waals surface area (Å²) in [7, 11) is 0. The second-order valence-corrected chi connectivity index (χ2v) is 8.56. The number of alkyl halides is 2. The molecule has 10 heteroatoms. The summed E-state index contributed by atoms with van der Waals surface area (Å²) in [5, 5.41) is 19.2. The molecule has 0 aromatic carbocycles. The SMILES string of the molecule is CCC1(C#N)C(=O)OC(COC(=O)COC(=O)C(C)(I)CI)C1O. The van der Waals surface area contributed by atoms with Gasteiger partial charge in [0.2, 0.25) is 0 Å². The maximum atomic E-state index is 11.8. The zero-order valence-electron chi connectivity index (χ0n) is 13.1. The number of aliphatic hydroxyl groups is 1. The van der Waals surface area contributed by atoms with Crippen molar-refractivity contribution < 1.29 is 33.7 Å². The van der Waals surface area contributed by atoms with Gasteiger partial charge in [0.1, 0.15) is 16.1 Å². The molecular weight excluding hydrogens is 548 g/mol. The molecule has 1 aliphatic heterocycles. The highest BCUT2D eigenvalue weighted by atomic mass is 127. The fourth-order valence-electron chi connectivity index (χ4n) is 1.96. The normalized spacial score (nSPS) is 28.4. The van der Waals surface area contributed by atoms with Gasteiger partial charge in [-0.25, -0.2) is 4.79 Å². The van der Waals surface area contributed by atoms with Crippen molar-refractivity contribution in [2.24, 2.45) is 5.41 Å². The van der Waals surface area contributed by atoms with Crippen molar-refractivity contribution in [2.45, 2.75) is 35.9 Å². The van der Waals surface area contributed by atoms with E-state index in [9.17, 15) is 19.5 Å². The number of carbonyl (C=O) groups is 3. The number of nitrogens with zero attached hydrogens (tertiary/aromatic N) is 1. The van der Waals surface area contributed by atoms with Gasteiger partial charge >= 0.3 is 17.9 Å². The van der Waals surface area contributed by atoms with Gasteiger partial charge in [-0.1, -0.05) is 52.1 Å². The second kappa shape index (κ2) is 8.61. The fraction of sp³-hybridized carbons (Fsp3) is 0.714. The van der Waals surface area contributed by atoms with E-state index in [0.29, 0.717) is 4.43 Å². The second-order valence-electron chi connectivity index (χ2n) is 5.42. The maximum Gasteiger partial charge on any atom is 0.344 e. The third-order valence-corrected chi connectivity index (χ3v) is 7.45. The van der Waals surface area contributed by atoms with E-state index in [1.165, 1.54) is 0 Å². The predicted molar refractivity (Wildman–Crippen MR) is 97.5 cm³/mol. The highest BCUT2D eigenvalue weighted by Crippen LogP contribution is 2.37. The Labute approximate surface area is 166 Å². The lowest BCUT2D eigenvalue weighted by Gasteiger charge is -2.20. The molecule has 0 amide bonds. The maximum absolute atomic E-state index is 11.8.